The summed E-state index contributed by atoms with van der Waals surface area (Å²) in [7, 11) is 0. The molecule has 0 unspecified atom stereocenters. The van der Waals surface area contributed by atoms with Crippen molar-refractivity contribution in [2.75, 3.05) is 18.1 Å². The summed E-state index contributed by atoms with van der Waals surface area (Å²) in [4.78, 5) is 19.7. The maximum Gasteiger partial charge on any atom is 0.348 e. The SMILES string of the molecule is CC(C)N(CCCO)c1ncnc(Cl)c1[N+](=O)[O-]. The van der Waals surface area contributed by atoms with Gasteiger partial charge in [0.1, 0.15) is 6.33 Å². The molecule has 0 saturated carbocycles. The molecule has 1 rings (SSSR count). The monoisotopic (exact) mass is 274 g/mol. The van der Waals surface area contributed by atoms with Gasteiger partial charge in [-0.05, 0) is 20.3 Å². The number of aliphatic hydroxyl groups excluding tert-OH is 1. The van der Waals surface area contributed by atoms with Crippen LogP contribution in [0.15, 0.2) is 6.33 Å². The van der Waals surface area contributed by atoms with Gasteiger partial charge in [0.05, 0.1) is 4.92 Å². The summed E-state index contributed by atoms with van der Waals surface area (Å²) in [6, 6.07) is 0.00113. The van der Waals surface area contributed by atoms with Crippen molar-refractivity contribution in [2.24, 2.45) is 0 Å². The van der Waals surface area contributed by atoms with E-state index in [0.717, 1.165) is 0 Å². The second kappa shape index (κ2) is 6.46. The lowest BCUT2D eigenvalue weighted by molar-refractivity contribution is -0.384. The summed E-state index contributed by atoms with van der Waals surface area (Å²) in [5.74, 6) is 0.184. The molecule has 1 aromatic heterocycles. The van der Waals surface area contributed by atoms with Crippen LogP contribution in [0.5, 0.6) is 0 Å². The van der Waals surface area contributed by atoms with Crippen molar-refractivity contribution in [1.82, 2.24) is 9.97 Å². The third-order valence-corrected chi connectivity index (χ3v) is 2.67. The van der Waals surface area contributed by atoms with Crippen molar-refractivity contribution in [3.05, 3.63) is 21.6 Å². The highest BCUT2D eigenvalue weighted by Gasteiger charge is 2.27. The normalized spacial score (nSPS) is 10.7. The highest BCUT2D eigenvalue weighted by molar-refractivity contribution is 6.31. The lowest BCUT2D eigenvalue weighted by Crippen LogP contribution is -2.33. The fourth-order valence-corrected chi connectivity index (χ4v) is 1.76. The predicted molar refractivity (Wildman–Crippen MR) is 67.9 cm³/mol. The molecule has 0 bridgehead atoms. The summed E-state index contributed by atoms with van der Waals surface area (Å²) >= 11 is 5.74. The van der Waals surface area contributed by atoms with E-state index in [0.29, 0.717) is 13.0 Å². The highest BCUT2D eigenvalue weighted by Crippen LogP contribution is 2.32. The molecule has 0 spiro atoms. The van der Waals surface area contributed by atoms with E-state index in [1.807, 2.05) is 13.8 Å². The molecule has 18 heavy (non-hydrogen) atoms. The van der Waals surface area contributed by atoms with Crippen LogP contribution in [0.1, 0.15) is 20.3 Å². The molecule has 0 aromatic carbocycles. The Morgan fingerprint density at radius 1 is 1.56 bits per heavy atom. The first-order valence-electron chi connectivity index (χ1n) is 5.51. The third kappa shape index (κ3) is 3.27. The Hall–Kier alpha value is -1.47. The fourth-order valence-electron chi connectivity index (χ4n) is 1.57. The van der Waals surface area contributed by atoms with Gasteiger partial charge in [-0.1, -0.05) is 11.6 Å². The molecule has 0 aliphatic carbocycles. The average Bonchev–Trinajstić information content (AvgIpc) is 2.28. The van der Waals surface area contributed by atoms with E-state index in [2.05, 4.69) is 9.97 Å². The number of aliphatic hydroxyl groups is 1. The first-order valence-corrected chi connectivity index (χ1v) is 5.89. The van der Waals surface area contributed by atoms with Crippen molar-refractivity contribution in [3.8, 4) is 0 Å². The minimum Gasteiger partial charge on any atom is -0.396 e. The summed E-state index contributed by atoms with van der Waals surface area (Å²) in [6.45, 7) is 4.24. The van der Waals surface area contributed by atoms with Crippen molar-refractivity contribution in [3.63, 3.8) is 0 Å². The Balaban J connectivity index is 3.19. The molecule has 0 saturated heterocycles. The molecule has 0 aliphatic rings. The molecule has 1 heterocycles. The molecular formula is C10H15ClN4O3. The first-order chi connectivity index (χ1) is 8.49. The van der Waals surface area contributed by atoms with Gasteiger partial charge in [0.15, 0.2) is 0 Å². The number of aromatic nitrogens is 2. The van der Waals surface area contributed by atoms with E-state index < -0.39 is 4.92 Å². The fraction of sp³-hybridized carbons (Fsp3) is 0.600. The molecule has 0 fully saturated rings. The number of nitro groups is 1. The maximum atomic E-state index is 11.0. The van der Waals surface area contributed by atoms with Crippen LogP contribution in [0.2, 0.25) is 5.15 Å². The van der Waals surface area contributed by atoms with Crippen LogP contribution in [0, 0.1) is 10.1 Å². The number of anilines is 1. The standard InChI is InChI=1S/C10H15ClN4O3/c1-7(2)14(4-3-5-16)10-8(15(17)18)9(11)12-6-13-10/h6-7,16H,3-5H2,1-2H3. The van der Waals surface area contributed by atoms with Gasteiger partial charge < -0.3 is 10.0 Å². The molecule has 100 valence electrons. The average molecular weight is 275 g/mol. The highest BCUT2D eigenvalue weighted by atomic mass is 35.5. The van der Waals surface area contributed by atoms with Gasteiger partial charge >= 0.3 is 5.69 Å². The van der Waals surface area contributed by atoms with E-state index in [-0.39, 0.29) is 29.3 Å². The Bertz CT molecular complexity index is 428. The van der Waals surface area contributed by atoms with Crippen molar-refractivity contribution < 1.29 is 10.0 Å². The number of nitrogens with zero attached hydrogens (tertiary/aromatic N) is 4. The quantitative estimate of drug-likeness (QED) is 0.481. The van der Waals surface area contributed by atoms with Crippen LogP contribution in [0.4, 0.5) is 11.5 Å². The number of rotatable bonds is 6. The van der Waals surface area contributed by atoms with Crippen LogP contribution in [0.25, 0.3) is 0 Å². The molecule has 0 atom stereocenters. The molecule has 0 amide bonds. The molecule has 1 N–H and O–H groups in total. The van der Waals surface area contributed by atoms with Crippen molar-refractivity contribution >= 4 is 23.1 Å². The van der Waals surface area contributed by atoms with Gasteiger partial charge in [-0.25, -0.2) is 9.97 Å². The largest absolute Gasteiger partial charge is 0.396 e. The van der Waals surface area contributed by atoms with Crippen LogP contribution in [0.3, 0.4) is 0 Å². The van der Waals surface area contributed by atoms with E-state index in [1.54, 1.807) is 4.90 Å². The van der Waals surface area contributed by atoms with Gasteiger partial charge in [0.2, 0.25) is 11.0 Å². The van der Waals surface area contributed by atoms with E-state index in [1.165, 1.54) is 6.33 Å². The minimum atomic E-state index is -0.591. The van der Waals surface area contributed by atoms with Crippen LogP contribution in [-0.4, -0.2) is 39.2 Å². The first kappa shape index (κ1) is 14.6. The van der Waals surface area contributed by atoms with Gasteiger partial charge in [0, 0.05) is 19.2 Å². The second-order valence-corrected chi connectivity index (χ2v) is 4.32. The zero-order valence-electron chi connectivity index (χ0n) is 10.2. The third-order valence-electron chi connectivity index (χ3n) is 2.39. The zero-order valence-corrected chi connectivity index (χ0v) is 11.0. The summed E-state index contributed by atoms with van der Waals surface area (Å²) in [5, 5.41) is 19.7. The second-order valence-electron chi connectivity index (χ2n) is 3.96. The van der Waals surface area contributed by atoms with E-state index >= 15 is 0 Å². The minimum absolute atomic E-state index is 0.00113. The molecule has 7 nitrogen and oxygen atoms in total. The smallest absolute Gasteiger partial charge is 0.348 e. The Labute approximate surface area is 110 Å². The van der Waals surface area contributed by atoms with Gasteiger partial charge in [-0.2, -0.15) is 0 Å². The Kier molecular flexibility index (Phi) is 5.24. The van der Waals surface area contributed by atoms with Crippen LogP contribution >= 0.6 is 11.6 Å². The number of hydrogen-bond donors (Lipinski definition) is 1. The van der Waals surface area contributed by atoms with Gasteiger partial charge in [-0.3, -0.25) is 10.1 Å². The zero-order chi connectivity index (χ0) is 13.7. The molecular weight excluding hydrogens is 260 g/mol. The van der Waals surface area contributed by atoms with Crippen LogP contribution in [-0.2, 0) is 0 Å². The summed E-state index contributed by atoms with van der Waals surface area (Å²) in [6.07, 6.45) is 1.69. The predicted octanol–water partition coefficient (Wildman–Crippen LogP) is 1.64. The maximum absolute atomic E-state index is 11.0. The van der Waals surface area contributed by atoms with Crippen molar-refractivity contribution in [2.45, 2.75) is 26.3 Å². The summed E-state index contributed by atoms with van der Waals surface area (Å²) < 4.78 is 0. The van der Waals surface area contributed by atoms with Crippen LogP contribution < -0.4 is 4.90 Å². The van der Waals surface area contributed by atoms with E-state index in [4.69, 9.17) is 16.7 Å². The van der Waals surface area contributed by atoms with Crippen molar-refractivity contribution in [1.29, 1.82) is 0 Å². The molecule has 1 aromatic rings. The topological polar surface area (TPSA) is 92.4 Å². The Morgan fingerprint density at radius 2 is 2.22 bits per heavy atom. The molecule has 8 heteroatoms. The lowest BCUT2D eigenvalue weighted by Gasteiger charge is -2.27. The number of halogens is 1. The lowest BCUT2D eigenvalue weighted by atomic mass is 10.2. The number of hydrogen-bond acceptors (Lipinski definition) is 6. The summed E-state index contributed by atoms with van der Waals surface area (Å²) in [5.41, 5.74) is -0.300. The molecule has 0 radical (unpaired) electrons. The van der Waals surface area contributed by atoms with Gasteiger partial charge in [0.25, 0.3) is 0 Å². The van der Waals surface area contributed by atoms with E-state index in [9.17, 15) is 10.1 Å². The van der Waals surface area contributed by atoms with Gasteiger partial charge in [-0.15, -0.1) is 0 Å². The molecule has 0 aliphatic heterocycles. The Morgan fingerprint density at radius 3 is 2.72 bits per heavy atom.